The van der Waals surface area contributed by atoms with Gasteiger partial charge >= 0.3 is 51.9 Å². The van der Waals surface area contributed by atoms with Gasteiger partial charge in [0, 0.05) is 80.1 Å². The Labute approximate surface area is 649 Å². The number of hydrogen-bond acceptors (Lipinski definition) is 16. The summed E-state index contributed by atoms with van der Waals surface area (Å²) in [7, 11) is -5.79. The number of ether oxygens (including phenoxy) is 6. The predicted molar refractivity (Wildman–Crippen MR) is 416 cm³/mol. The normalized spacial score (nSPS) is 20.0. The van der Waals surface area contributed by atoms with Crippen LogP contribution in [-0.2, 0) is 74.0 Å². The molecule has 4 aliphatic carbocycles. The third kappa shape index (κ3) is 19.8. The van der Waals surface area contributed by atoms with Crippen LogP contribution in [-0.4, -0.2) is 169 Å². The quantitative estimate of drug-likeness (QED) is 0.0784. The third-order valence-electron chi connectivity index (χ3n) is 22.1. The number of fused-ring (bicyclic) bond motifs is 8. The number of alkyl halides is 3. The molecule has 4 aliphatic heterocycles. The molecule has 4 amide bonds. The molecule has 4 aromatic carbocycles. The van der Waals surface area contributed by atoms with E-state index in [0.29, 0.717) is 95.1 Å². The van der Waals surface area contributed by atoms with Gasteiger partial charge in [-0.3, -0.25) is 4.79 Å². The second-order valence-corrected chi connectivity index (χ2v) is 37.2. The summed E-state index contributed by atoms with van der Waals surface area (Å²) in [6.45, 7) is 43.0. The molecular formula is C86H117F3N4O16S. The molecule has 2 atom stereocenters. The Hall–Kier alpha value is -8.12. The Bertz CT molecular complexity index is 4260. The van der Waals surface area contributed by atoms with Crippen molar-refractivity contribution < 1.29 is 88.1 Å². The van der Waals surface area contributed by atoms with E-state index in [1.807, 2.05) is 108 Å². The van der Waals surface area contributed by atoms with Gasteiger partial charge in [0.15, 0.2) is 0 Å². The SMILES string of the molecule is CCOC(=O)C1=CC2(CCN(C(=O)OC(C)(C)C)CC2)c2ccc(C)cc21.CCOC(=O)C1CC2(CCN(C(=O)OC(C)(C)C)CC2)c2ccc(C)cc21.Cc1ccc2c(c1)C(C(C)(C)O)CC21CCN(C(=O)OC(C)(C)C)CC1.Cc1ccc2c(c1)C(OS(=O)(=O)C(F)(F)F)=CC21CCN(C(=O)OC(C)(C)C)CC1. The molecule has 24 heteroatoms. The first-order valence-corrected chi connectivity index (χ1v) is 40.2. The summed E-state index contributed by atoms with van der Waals surface area (Å²) < 4.78 is 98.8. The highest BCUT2D eigenvalue weighted by Gasteiger charge is 2.54. The summed E-state index contributed by atoms with van der Waals surface area (Å²) in [5.74, 6) is -0.776. The van der Waals surface area contributed by atoms with Crippen molar-refractivity contribution in [2.45, 2.75) is 270 Å². The summed E-state index contributed by atoms with van der Waals surface area (Å²) in [5.41, 5.74) is 3.85. The Morgan fingerprint density at radius 2 is 0.791 bits per heavy atom. The number of nitrogens with zero attached hydrogens (tertiary/aromatic N) is 4. The van der Waals surface area contributed by atoms with Gasteiger partial charge < -0.3 is 57.3 Å². The fourth-order valence-electron chi connectivity index (χ4n) is 16.8. The van der Waals surface area contributed by atoms with Gasteiger partial charge in [0.2, 0.25) is 0 Å². The van der Waals surface area contributed by atoms with E-state index in [0.717, 1.165) is 79.2 Å². The number of carbonyl (C=O) groups is 6. The van der Waals surface area contributed by atoms with Crippen LogP contribution < -0.4 is 0 Å². The molecule has 2 unspecified atom stereocenters. The maximum atomic E-state index is 12.9. The summed E-state index contributed by atoms with van der Waals surface area (Å²) >= 11 is 0. The van der Waals surface area contributed by atoms with Gasteiger partial charge in [0.25, 0.3) is 0 Å². The topological polar surface area (TPSA) is 234 Å². The zero-order chi connectivity index (χ0) is 81.5. The van der Waals surface area contributed by atoms with E-state index in [2.05, 4.69) is 78.7 Å². The monoisotopic (exact) mass is 1550 g/mol. The molecule has 8 aliphatic rings. The van der Waals surface area contributed by atoms with Crippen molar-refractivity contribution in [3.63, 3.8) is 0 Å². The average Bonchev–Trinajstić information content (AvgIpc) is 1.61. The minimum atomic E-state index is -5.79. The smallest absolute Gasteiger partial charge is 0.466 e. The van der Waals surface area contributed by atoms with Crippen molar-refractivity contribution in [2.24, 2.45) is 0 Å². The number of hydrogen-bond donors (Lipinski definition) is 1. The number of benzene rings is 4. The summed E-state index contributed by atoms with van der Waals surface area (Å²) in [6, 6.07) is 24.6. The average molecular weight is 1550 g/mol. The zero-order valence-electron chi connectivity index (χ0n) is 68.3. The van der Waals surface area contributed by atoms with Crippen LogP contribution in [0.2, 0.25) is 0 Å². The highest BCUT2D eigenvalue weighted by atomic mass is 32.2. The Morgan fingerprint density at radius 1 is 0.455 bits per heavy atom. The molecular weight excluding hydrogens is 1430 g/mol. The first-order chi connectivity index (χ1) is 50.8. The second-order valence-electron chi connectivity index (χ2n) is 35.7. The molecule has 4 fully saturated rings. The highest BCUT2D eigenvalue weighted by Crippen LogP contribution is 2.57. The van der Waals surface area contributed by atoms with Crippen molar-refractivity contribution in [1.82, 2.24) is 19.6 Å². The first-order valence-electron chi connectivity index (χ1n) is 38.7. The Balaban J connectivity index is 0.000000169. The fourth-order valence-corrected chi connectivity index (χ4v) is 17.2. The van der Waals surface area contributed by atoms with Gasteiger partial charge in [-0.15, -0.1) is 0 Å². The Kier molecular flexibility index (Phi) is 25.1. The number of likely N-dealkylation sites (tertiary alicyclic amines) is 4. The molecule has 604 valence electrons. The van der Waals surface area contributed by atoms with Gasteiger partial charge in [-0.25, -0.2) is 24.0 Å². The van der Waals surface area contributed by atoms with E-state index in [4.69, 9.17) is 28.4 Å². The minimum absolute atomic E-state index is 0.0566. The molecule has 4 heterocycles. The Morgan fingerprint density at radius 3 is 1.17 bits per heavy atom. The molecule has 4 aromatic rings. The van der Waals surface area contributed by atoms with E-state index in [1.54, 1.807) is 54.5 Å². The van der Waals surface area contributed by atoms with E-state index < -0.39 is 55.1 Å². The zero-order valence-corrected chi connectivity index (χ0v) is 69.1. The molecule has 20 nitrogen and oxygen atoms in total. The van der Waals surface area contributed by atoms with Gasteiger partial charge in [-0.1, -0.05) is 95.1 Å². The van der Waals surface area contributed by atoms with Crippen molar-refractivity contribution in [3.05, 3.63) is 152 Å². The van der Waals surface area contributed by atoms with Crippen LogP contribution in [0.3, 0.4) is 0 Å². The number of rotatable bonds is 7. The second kappa shape index (κ2) is 32.2. The van der Waals surface area contributed by atoms with Crippen LogP contribution in [0.4, 0.5) is 32.3 Å². The van der Waals surface area contributed by atoms with Gasteiger partial charge in [0.05, 0.1) is 30.3 Å². The number of carbonyl (C=O) groups excluding carboxylic acids is 6. The van der Waals surface area contributed by atoms with Crippen LogP contribution in [0.15, 0.2) is 84.9 Å². The number of aryl methyl sites for hydroxylation is 4. The van der Waals surface area contributed by atoms with Crippen molar-refractivity contribution >= 4 is 57.8 Å². The molecule has 0 aromatic heterocycles. The maximum absolute atomic E-state index is 12.9. The van der Waals surface area contributed by atoms with E-state index in [-0.39, 0.29) is 64.1 Å². The molecule has 110 heavy (non-hydrogen) atoms. The van der Waals surface area contributed by atoms with Gasteiger partial charge in [0.1, 0.15) is 28.2 Å². The lowest BCUT2D eigenvalue weighted by Gasteiger charge is -2.41. The van der Waals surface area contributed by atoms with Crippen molar-refractivity contribution in [1.29, 1.82) is 0 Å². The lowest BCUT2D eigenvalue weighted by Crippen LogP contribution is -2.46. The van der Waals surface area contributed by atoms with Gasteiger partial charge in [-0.05, 0) is 259 Å². The maximum Gasteiger partial charge on any atom is 0.534 e. The standard InChI is InChI=1S/C22H31NO4.C22H29NO4.C22H33NO3.C20H24F3NO5S/c2*1-6-26-19(24)17-14-22(18-8-7-15(2)13-16(17)18)9-11-23(12-10-22)20(25)27-21(3,4)5;1-15-7-8-17-16(13-15)18(21(5,6)25)14-22(17)9-11-23(12-10-22)19(24)26-20(2,3)4;1-13-5-6-15-14(11-13)16(29-30(26,27)20(21,22)23)12-19(15)7-9-24(10-8-19)17(25)28-18(2,3)4/h7-8,13,17H,6,9-12,14H2,1-5H3;7-8,13-14H,6,9-12H2,1-5H3;7-8,13,18,25H,9-12,14H2,1-6H3;5-6,11-12H,7-10H2,1-4H3. The number of allylic oxidation sites excluding steroid dienone is 2. The molecule has 4 spiro atoms. The fraction of sp³-hybridized carbons (Fsp3) is 0.605. The molecule has 1 N–H and O–H groups in total. The highest BCUT2D eigenvalue weighted by molar-refractivity contribution is 7.87. The number of halogens is 3. The number of amides is 4. The third-order valence-corrected chi connectivity index (χ3v) is 23.0. The summed E-state index contributed by atoms with van der Waals surface area (Å²) in [5, 5.41) is 10.8. The van der Waals surface area contributed by atoms with Crippen LogP contribution in [0, 0.1) is 27.7 Å². The first kappa shape index (κ1) is 85.9. The van der Waals surface area contributed by atoms with Crippen molar-refractivity contribution in [2.75, 3.05) is 65.6 Å². The molecule has 0 bridgehead atoms. The van der Waals surface area contributed by atoms with E-state index >= 15 is 0 Å². The number of aliphatic hydroxyl groups is 1. The minimum Gasteiger partial charge on any atom is -0.466 e. The van der Waals surface area contributed by atoms with Crippen LogP contribution in [0.5, 0.6) is 0 Å². The van der Waals surface area contributed by atoms with E-state index in [9.17, 15) is 55.5 Å². The van der Waals surface area contributed by atoms with Crippen LogP contribution >= 0.6 is 0 Å². The summed E-state index contributed by atoms with van der Waals surface area (Å²) in [4.78, 5) is 81.5. The number of esters is 2. The van der Waals surface area contributed by atoms with E-state index in [1.165, 1.54) is 33.9 Å². The molecule has 12 rings (SSSR count). The number of piperidine rings is 4. The lowest BCUT2D eigenvalue weighted by atomic mass is 9.72. The van der Waals surface area contributed by atoms with Gasteiger partial charge in [-0.2, -0.15) is 21.6 Å². The molecule has 0 saturated carbocycles. The lowest BCUT2D eigenvalue weighted by molar-refractivity contribution is -0.145. The molecule has 4 saturated heterocycles. The van der Waals surface area contributed by atoms with Crippen LogP contribution in [0.25, 0.3) is 11.3 Å². The van der Waals surface area contributed by atoms with Crippen molar-refractivity contribution in [3.8, 4) is 0 Å². The predicted octanol–water partition coefficient (Wildman–Crippen LogP) is 17.5. The summed E-state index contributed by atoms with van der Waals surface area (Å²) in [6.07, 6.45) is 9.95. The van der Waals surface area contributed by atoms with Crippen LogP contribution in [0.1, 0.15) is 254 Å². The largest absolute Gasteiger partial charge is 0.534 e. The molecule has 0 radical (unpaired) electrons.